The number of carbonyl (C=O) groups excluding carboxylic acids is 13. The Balaban J connectivity index is 1.56. The SMILES string of the molecule is CSCC[C@H](NC(=O)[C@H](CC(C)C)NC(=O)CNC(=O)[C@H](Cc1ccccc1)NC(=O)[C@@H](Cc1ccccc1)NC(=O)[C@@H](CCC(N)=O)NC(=O)[C@H](CCC(N)=O)NC(=O)[C@H]1CCCN1C(=O)[C@@H](CCCCN)NC(=O)[C@H]1CCCN1C(=O)[C@@H](N)CCCN=C(N)N)C(N)=O. The van der Waals surface area contributed by atoms with Crippen LogP contribution in [0, 0.1) is 5.92 Å². The summed E-state index contributed by atoms with van der Waals surface area (Å²) in [7, 11) is 0. The van der Waals surface area contributed by atoms with Crippen LogP contribution >= 0.6 is 11.8 Å². The van der Waals surface area contributed by atoms with Gasteiger partial charge in [0, 0.05) is 45.3 Å². The topological polar surface area (TPSA) is 519 Å². The van der Waals surface area contributed by atoms with Gasteiger partial charge in [-0.25, -0.2) is 0 Å². The number of primary amides is 3. The lowest BCUT2D eigenvalue weighted by molar-refractivity contribution is -0.144. The van der Waals surface area contributed by atoms with Crippen molar-refractivity contribution in [3.05, 3.63) is 71.8 Å². The van der Waals surface area contributed by atoms with E-state index in [0.29, 0.717) is 55.4 Å². The van der Waals surface area contributed by atoms with Gasteiger partial charge in [-0.3, -0.25) is 67.3 Å². The molecule has 524 valence electrons. The Morgan fingerprint density at radius 1 is 0.537 bits per heavy atom. The Bertz CT molecular complexity index is 2960. The fourth-order valence-electron chi connectivity index (χ4n) is 11.0. The maximum absolute atomic E-state index is 14.7. The van der Waals surface area contributed by atoms with Crippen LogP contribution in [0.15, 0.2) is 65.7 Å². The van der Waals surface area contributed by atoms with Crippen molar-refractivity contribution in [1.82, 2.24) is 52.3 Å². The largest absolute Gasteiger partial charge is 0.370 e. The zero-order valence-corrected chi connectivity index (χ0v) is 55.3. The van der Waals surface area contributed by atoms with Gasteiger partial charge in [0.15, 0.2) is 5.96 Å². The van der Waals surface area contributed by atoms with E-state index >= 15 is 0 Å². The summed E-state index contributed by atoms with van der Waals surface area (Å²) >= 11 is 1.45. The lowest BCUT2D eigenvalue weighted by Crippen LogP contribution is -2.60. The average Bonchev–Trinajstić information content (AvgIpc) is 1.74. The van der Waals surface area contributed by atoms with Crippen molar-refractivity contribution in [2.45, 2.75) is 183 Å². The minimum absolute atomic E-state index is 0.0736. The summed E-state index contributed by atoms with van der Waals surface area (Å²) in [4.78, 5) is 185. The maximum Gasteiger partial charge on any atom is 0.245 e. The van der Waals surface area contributed by atoms with Crippen molar-refractivity contribution in [3.8, 4) is 0 Å². The molecular formula is C63H98N18O13S. The molecule has 0 saturated carbocycles. The first kappa shape index (κ1) is 78.5. The average molecular weight is 1350 g/mol. The predicted octanol–water partition coefficient (Wildman–Crippen LogP) is -3.71. The number of hydrogen-bond acceptors (Lipinski definition) is 17. The van der Waals surface area contributed by atoms with Crippen molar-refractivity contribution in [2.24, 2.45) is 51.0 Å². The van der Waals surface area contributed by atoms with Crippen LogP contribution in [-0.4, -0.2) is 198 Å². The van der Waals surface area contributed by atoms with Crippen molar-refractivity contribution in [2.75, 3.05) is 44.7 Å². The van der Waals surface area contributed by atoms with Gasteiger partial charge in [-0.2, -0.15) is 11.8 Å². The van der Waals surface area contributed by atoms with Crippen molar-refractivity contribution in [3.63, 3.8) is 0 Å². The van der Waals surface area contributed by atoms with Gasteiger partial charge in [0.1, 0.15) is 54.4 Å². The van der Waals surface area contributed by atoms with Crippen LogP contribution in [0.25, 0.3) is 0 Å². The monoisotopic (exact) mass is 1350 g/mol. The molecular weight excluding hydrogens is 1250 g/mol. The van der Waals surface area contributed by atoms with Crippen LogP contribution in [-0.2, 0) is 75.2 Å². The predicted molar refractivity (Wildman–Crippen MR) is 356 cm³/mol. The van der Waals surface area contributed by atoms with Gasteiger partial charge in [0.05, 0.1) is 12.6 Å². The highest BCUT2D eigenvalue weighted by Crippen LogP contribution is 2.24. The highest BCUT2D eigenvalue weighted by Gasteiger charge is 2.42. The van der Waals surface area contributed by atoms with Crippen LogP contribution in [0.1, 0.15) is 121 Å². The van der Waals surface area contributed by atoms with Gasteiger partial charge in [-0.15, -0.1) is 0 Å². The molecule has 2 aliphatic rings. The van der Waals surface area contributed by atoms with Gasteiger partial charge in [-0.05, 0) is 119 Å². The number of likely N-dealkylation sites (tertiary alicyclic amines) is 2. The molecule has 0 bridgehead atoms. The first-order chi connectivity index (χ1) is 45.2. The highest BCUT2D eigenvalue weighted by atomic mass is 32.2. The van der Waals surface area contributed by atoms with E-state index in [4.69, 9.17) is 40.1 Å². The molecule has 0 spiro atoms. The number of nitrogens with one attached hydrogen (secondary N) is 8. The van der Waals surface area contributed by atoms with Gasteiger partial charge in [0.2, 0.25) is 76.8 Å². The third kappa shape index (κ3) is 27.5. The number of unbranched alkanes of at least 4 members (excludes halogenated alkanes) is 1. The highest BCUT2D eigenvalue weighted by molar-refractivity contribution is 7.98. The molecule has 0 radical (unpaired) electrons. The molecule has 22 N–H and O–H groups in total. The summed E-state index contributed by atoms with van der Waals surface area (Å²) < 4.78 is 0. The van der Waals surface area contributed by atoms with Crippen LogP contribution in [0.4, 0.5) is 0 Å². The molecule has 10 atom stereocenters. The van der Waals surface area contributed by atoms with E-state index < -0.39 is 169 Å². The fourth-order valence-corrected chi connectivity index (χ4v) is 11.5. The fraction of sp³-hybridized carbons (Fsp3) is 0.587. The van der Waals surface area contributed by atoms with Gasteiger partial charge < -0.3 is 92.5 Å². The van der Waals surface area contributed by atoms with Crippen molar-refractivity contribution in [1.29, 1.82) is 0 Å². The van der Waals surface area contributed by atoms with Crippen LogP contribution in [0.2, 0.25) is 0 Å². The third-order valence-corrected chi connectivity index (χ3v) is 16.7. The number of amides is 13. The number of benzene rings is 2. The van der Waals surface area contributed by atoms with E-state index in [2.05, 4.69) is 47.5 Å². The number of nitrogens with two attached hydrogens (primary N) is 7. The second kappa shape index (κ2) is 41.0. The molecule has 95 heavy (non-hydrogen) atoms. The lowest BCUT2D eigenvalue weighted by Gasteiger charge is -2.32. The molecule has 2 aliphatic heterocycles. The molecule has 13 amide bonds. The summed E-state index contributed by atoms with van der Waals surface area (Å²) in [5.74, 6) is -9.80. The molecule has 2 aromatic carbocycles. The van der Waals surface area contributed by atoms with E-state index in [-0.39, 0.29) is 83.0 Å². The van der Waals surface area contributed by atoms with Crippen LogP contribution in [0.5, 0.6) is 0 Å². The summed E-state index contributed by atoms with van der Waals surface area (Å²) in [6.07, 6.45) is 3.12. The smallest absolute Gasteiger partial charge is 0.245 e. The van der Waals surface area contributed by atoms with Gasteiger partial charge in [-0.1, -0.05) is 74.5 Å². The first-order valence-corrected chi connectivity index (χ1v) is 33.6. The Hall–Kier alpha value is -8.91. The zero-order chi connectivity index (χ0) is 70.1. The first-order valence-electron chi connectivity index (χ1n) is 32.2. The number of guanidine groups is 1. The number of carbonyl (C=O) groups is 13. The molecule has 0 aromatic heterocycles. The van der Waals surface area contributed by atoms with E-state index in [1.54, 1.807) is 60.7 Å². The van der Waals surface area contributed by atoms with E-state index in [9.17, 15) is 62.3 Å². The van der Waals surface area contributed by atoms with Crippen LogP contribution in [0.3, 0.4) is 0 Å². The van der Waals surface area contributed by atoms with E-state index in [1.807, 2.05) is 20.1 Å². The van der Waals surface area contributed by atoms with Gasteiger partial charge >= 0.3 is 0 Å². The lowest BCUT2D eigenvalue weighted by atomic mass is 10.0. The quantitative estimate of drug-likeness (QED) is 0.0173. The number of thioether (sulfide) groups is 1. The Kier molecular flexibility index (Phi) is 33.9. The number of aliphatic imine (C=N–C) groups is 1. The van der Waals surface area contributed by atoms with E-state index in [0.717, 1.165) is 0 Å². The van der Waals surface area contributed by atoms with Gasteiger partial charge in [0.25, 0.3) is 0 Å². The number of hydrogen-bond donors (Lipinski definition) is 15. The summed E-state index contributed by atoms with van der Waals surface area (Å²) in [5, 5.41) is 21.1. The number of rotatable bonds is 42. The maximum atomic E-state index is 14.7. The van der Waals surface area contributed by atoms with E-state index in [1.165, 1.54) is 21.6 Å². The summed E-state index contributed by atoms with van der Waals surface area (Å²) in [6.45, 7) is 3.86. The Morgan fingerprint density at radius 3 is 1.51 bits per heavy atom. The molecule has 4 rings (SSSR count). The number of nitrogens with zero attached hydrogens (tertiary/aromatic N) is 3. The molecule has 0 unspecified atom stereocenters. The summed E-state index contributed by atoms with van der Waals surface area (Å²) in [5.41, 5.74) is 40.6. The normalized spacial score (nSPS) is 16.8. The van der Waals surface area contributed by atoms with Crippen molar-refractivity contribution < 1.29 is 62.3 Å². The molecule has 31 nitrogen and oxygen atoms in total. The standard InChI is InChI=1S/C63H98N18O13S/c1-37(2)33-45(57(89)74-41(53(68)85)27-32-95-3)73-52(84)36-72-54(86)46(34-38-15-6-4-7-16-38)78-58(90)47(35-39-17-8-5-9-18-39)79-56(88)42(23-25-50(66)82)75-55(87)43(24-26-51(67)83)76-59(91)49-22-14-31-81(49)62(94)44(20-10-11-28-64)77-60(92)48-21-13-30-80(48)61(93)40(65)19-12-29-71-63(69)70/h4-9,15-18,37,40-49H,10-14,19-36,64-65H2,1-3H3,(H2,66,82)(H2,67,83)(H2,68,85)(H,72,86)(H,73,84)(H,74,89)(H,75,87)(H,76,91)(H,77,92)(H,78,90)(H,79,88)(H4,69,70,71)/t40-,41-,42+,43-,44+,45-,46-,47+,48+,49+/m0/s1. The molecule has 2 fully saturated rings. The van der Waals surface area contributed by atoms with Crippen LogP contribution < -0.4 is 82.7 Å². The molecule has 0 aliphatic carbocycles. The summed E-state index contributed by atoms with van der Waals surface area (Å²) in [6, 6.07) is 4.51. The Labute approximate surface area is 558 Å². The third-order valence-electron chi connectivity index (χ3n) is 16.0. The minimum atomic E-state index is -1.64. The second-order valence-electron chi connectivity index (χ2n) is 24.1. The molecule has 2 aromatic rings. The molecule has 2 saturated heterocycles. The zero-order valence-electron chi connectivity index (χ0n) is 54.5. The van der Waals surface area contributed by atoms with Crippen molar-refractivity contribution >= 4 is 94.5 Å². The minimum Gasteiger partial charge on any atom is -0.370 e. The molecule has 2 heterocycles. The Morgan fingerprint density at radius 2 is 1.01 bits per heavy atom. The molecule has 32 heteroatoms. The second-order valence-corrected chi connectivity index (χ2v) is 25.1.